The van der Waals surface area contributed by atoms with Crippen LogP contribution in [0.25, 0.3) is 0 Å². The molecule has 1 heterocycles. The van der Waals surface area contributed by atoms with Gasteiger partial charge in [0.25, 0.3) is 0 Å². The maximum Gasteiger partial charge on any atom is 0.390 e. The van der Waals surface area contributed by atoms with Crippen molar-refractivity contribution >= 4 is 5.82 Å². The largest absolute Gasteiger partial charge is 0.390 e. The van der Waals surface area contributed by atoms with E-state index in [2.05, 4.69) is 4.98 Å². The fourth-order valence-electron chi connectivity index (χ4n) is 1.13. The Kier molecular flexibility index (Phi) is 2.62. The maximum atomic E-state index is 10.5. The van der Waals surface area contributed by atoms with E-state index in [1.807, 2.05) is 14.1 Å². The van der Waals surface area contributed by atoms with Crippen LogP contribution >= 0.6 is 0 Å². The van der Waals surface area contributed by atoms with Gasteiger partial charge in [-0.3, -0.25) is 0 Å². The lowest BCUT2D eigenvalue weighted by Crippen LogP contribution is -3.04. The van der Waals surface area contributed by atoms with Crippen molar-refractivity contribution in [3.63, 3.8) is 0 Å². The van der Waals surface area contributed by atoms with Crippen LogP contribution in [0, 0.1) is 10.1 Å². The minimum atomic E-state index is -0.446. The lowest BCUT2D eigenvalue weighted by Gasteiger charge is -2.06. The molecule has 1 aromatic heterocycles. The molecule has 0 aliphatic carbocycles. The average molecular weight is 185 g/mol. The highest BCUT2D eigenvalue weighted by Gasteiger charge is 2.21. The molecule has 0 fully saturated rings. The number of hydrogen-bond donors (Lipinski definition) is 1. The Morgan fingerprint density at radius 3 is 2.77 bits per heavy atom. The number of nitro groups is 1. The molecule has 0 aliphatic rings. The molecule has 1 rings (SSSR count). The predicted octanol–water partition coefficient (Wildman–Crippen LogP) is -1.03. The lowest BCUT2D eigenvalue weighted by molar-refractivity contribution is -0.873. The Bertz CT molecular complexity index is 318. The molecule has 0 radical (unpaired) electrons. The lowest BCUT2D eigenvalue weighted by atomic mass is 10.4. The Morgan fingerprint density at radius 1 is 1.69 bits per heavy atom. The van der Waals surface area contributed by atoms with E-state index in [1.54, 1.807) is 11.6 Å². The van der Waals surface area contributed by atoms with Gasteiger partial charge in [-0.05, 0) is 9.91 Å². The third kappa shape index (κ3) is 2.03. The van der Waals surface area contributed by atoms with Crippen LogP contribution in [0.4, 0.5) is 5.82 Å². The van der Waals surface area contributed by atoms with Crippen molar-refractivity contribution in [3.8, 4) is 0 Å². The van der Waals surface area contributed by atoms with E-state index in [0.717, 1.165) is 4.90 Å². The number of hydrogen-bond acceptors (Lipinski definition) is 3. The summed E-state index contributed by atoms with van der Waals surface area (Å²) in [5.41, 5.74) is 0.657. The quantitative estimate of drug-likeness (QED) is 0.484. The summed E-state index contributed by atoms with van der Waals surface area (Å²) in [6.07, 6.45) is 1.47. The number of quaternary nitrogens is 1. The summed E-state index contributed by atoms with van der Waals surface area (Å²) in [4.78, 5) is 14.9. The van der Waals surface area contributed by atoms with Crippen molar-refractivity contribution in [2.45, 2.75) is 6.54 Å². The third-order valence-electron chi connectivity index (χ3n) is 1.73. The van der Waals surface area contributed by atoms with Gasteiger partial charge in [-0.2, -0.15) is 0 Å². The van der Waals surface area contributed by atoms with E-state index >= 15 is 0 Å². The van der Waals surface area contributed by atoms with Crippen LogP contribution in [0.5, 0.6) is 0 Å². The highest BCUT2D eigenvalue weighted by molar-refractivity contribution is 5.25. The first-order valence-electron chi connectivity index (χ1n) is 3.96. The van der Waals surface area contributed by atoms with Gasteiger partial charge >= 0.3 is 5.82 Å². The van der Waals surface area contributed by atoms with Crippen molar-refractivity contribution in [2.75, 3.05) is 14.1 Å². The Morgan fingerprint density at radius 2 is 2.31 bits per heavy atom. The van der Waals surface area contributed by atoms with Gasteiger partial charge in [0.05, 0.1) is 14.1 Å². The van der Waals surface area contributed by atoms with Gasteiger partial charge < -0.3 is 19.6 Å². The summed E-state index contributed by atoms with van der Waals surface area (Å²) in [7, 11) is 5.64. The van der Waals surface area contributed by atoms with Crippen LogP contribution in [0.15, 0.2) is 6.33 Å². The molecule has 13 heavy (non-hydrogen) atoms. The van der Waals surface area contributed by atoms with Gasteiger partial charge in [-0.15, -0.1) is 0 Å². The SMILES string of the molecule is Cn1cnc([N+](=O)[O-])c1C[NH+](C)C. The minimum Gasteiger partial charge on any atom is -0.358 e. The van der Waals surface area contributed by atoms with E-state index in [4.69, 9.17) is 0 Å². The number of nitrogens with zero attached hydrogens (tertiary/aromatic N) is 3. The topological polar surface area (TPSA) is 65.4 Å². The second-order valence-corrected chi connectivity index (χ2v) is 3.27. The zero-order valence-electron chi connectivity index (χ0n) is 7.94. The van der Waals surface area contributed by atoms with Crippen LogP contribution in [0.2, 0.25) is 0 Å². The molecule has 6 nitrogen and oxygen atoms in total. The molecular formula is C7H13N4O2+. The van der Waals surface area contributed by atoms with Crippen LogP contribution in [0.1, 0.15) is 5.69 Å². The molecule has 0 unspecified atom stereocenters. The van der Waals surface area contributed by atoms with Crippen molar-refractivity contribution < 1.29 is 9.82 Å². The smallest absolute Gasteiger partial charge is 0.358 e. The molecule has 1 N–H and O–H groups in total. The standard InChI is InChI=1S/C7H12N4O2/c1-9(2)4-6-7(11(12)13)8-5-10(6)3/h5H,4H2,1-3H3/p+1. The molecule has 72 valence electrons. The van der Waals surface area contributed by atoms with E-state index in [-0.39, 0.29) is 5.82 Å². The second-order valence-electron chi connectivity index (χ2n) is 3.27. The zero-order chi connectivity index (χ0) is 10.0. The minimum absolute atomic E-state index is 0.0382. The Labute approximate surface area is 75.9 Å². The predicted molar refractivity (Wildman–Crippen MR) is 46.4 cm³/mol. The molecular weight excluding hydrogens is 172 g/mol. The number of rotatable bonds is 3. The van der Waals surface area contributed by atoms with Crippen molar-refractivity contribution in [1.29, 1.82) is 0 Å². The Hall–Kier alpha value is -1.43. The van der Waals surface area contributed by atoms with Crippen molar-refractivity contribution in [1.82, 2.24) is 9.55 Å². The van der Waals surface area contributed by atoms with Gasteiger partial charge in [-0.1, -0.05) is 0 Å². The molecule has 0 aliphatic heterocycles. The van der Waals surface area contributed by atoms with Crippen LogP contribution in [-0.2, 0) is 13.6 Å². The summed E-state index contributed by atoms with van der Waals surface area (Å²) in [5.74, 6) is -0.0382. The molecule has 0 saturated heterocycles. The molecule has 1 aromatic rings. The van der Waals surface area contributed by atoms with Gasteiger partial charge in [0, 0.05) is 7.05 Å². The molecule has 0 amide bonds. The average Bonchev–Trinajstić information content (AvgIpc) is 2.32. The monoisotopic (exact) mass is 185 g/mol. The first-order valence-corrected chi connectivity index (χ1v) is 3.96. The molecule has 0 spiro atoms. The zero-order valence-corrected chi connectivity index (χ0v) is 7.94. The van der Waals surface area contributed by atoms with Gasteiger partial charge in [0.2, 0.25) is 6.33 Å². The number of aryl methyl sites for hydroxylation is 1. The highest BCUT2D eigenvalue weighted by Crippen LogP contribution is 2.13. The van der Waals surface area contributed by atoms with E-state index in [1.165, 1.54) is 6.33 Å². The fourth-order valence-corrected chi connectivity index (χ4v) is 1.13. The molecule has 0 bridgehead atoms. The summed E-state index contributed by atoms with van der Waals surface area (Å²) < 4.78 is 1.69. The molecule has 0 atom stereocenters. The van der Waals surface area contributed by atoms with E-state index in [9.17, 15) is 10.1 Å². The van der Waals surface area contributed by atoms with Gasteiger partial charge in [0.15, 0.2) is 5.69 Å². The summed E-state index contributed by atoms with van der Waals surface area (Å²) >= 11 is 0. The molecule has 0 aromatic carbocycles. The normalized spacial score (nSPS) is 10.8. The second kappa shape index (κ2) is 3.53. The number of aromatic nitrogens is 2. The van der Waals surface area contributed by atoms with Gasteiger partial charge in [-0.25, -0.2) is 0 Å². The van der Waals surface area contributed by atoms with Crippen molar-refractivity contribution in [2.24, 2.45) is 7.05 Å². The first-order chi connectivity index (χ1) is 6.02. The van der Waals surface area contributed by atoms with E-state index < -0.39 is 4.92 Å². The van der Waals surface area contributed by atoms with E-state index in [0.29, 0.717) is 12.2 Å². The molecule has 0 saturated carbocycles. The maximum absolute atomic E-state index is 10.5. The number of nitrogens with one attached hydrogen (secondary N) is 1. The Balaban J connectivity index is 3.01. The van der Waals surface area contributed by atoms with Gasteiger partial charge in [0.1, 0.15) is 6.54 Å². The van der Waals surface area contributed by atoms with Crippen LogP contribution in [-0.4, -0.2) is 28.6 Å². The third-order valence-corrected chi connectivity index (χ3v) is 1.73. The number of imidazole rings is 1. The highest BCUT2D eigenvalue weighted by atomic mass is 16.6. The molecule has 6 heteroatoms. The van der Waals surface area contributed by atoms with Crippen LogP contribution < -0.4 is 4.90 Å². The van der Waals surface area contributed by atoms with Crippen LogP contribution in [0.3, 0.4) is 0 Å². The first kappa shape index (κ1) is 9.66. The van der Waals surface area contributed by atoms with Crippen molar-refractivity contribution in [3.05, 3.63) is 22.1 Å². The summed E-state index contributed by atoms with van der Waals surface area (Å²) in [5, 5.41) is 10.5. The summed E-state index contributed by atoms with van der Waals surface area (Å²) in [6.45, 7) is 0.604. The summed E-state index contributed by atoms with van der Waals surface area (Å²) in [6, 6.07) is 0. The fraction of sp³-hybridized carbons (Fsp3) is 0.571.